The molecule has 0 aromatic heterocycles. The molecule has 0 N–H and O–H groups in total. The van der Waals surface area contributed by atoms with Crippen molar-refractivity contribution in [2.75, 3.05) is 71.1 Å². The molecule has 0 bridgehead atoms. The predicted octanol–water partition coefficient (Wildman–Crippen LogP) is 2.93. The third kappa shape index (κ3) is 5.69. The van der Waals surface area contributed by atoms with Crippen molar-refractivity contribution in [2.45, 2.75) is 25.8 Å². The fourth-order valence-electron chi connectivity index (χ4n) is 5.15. The predicted molar refractivity (Wildman–Crippen MR) is 123 cm³/mol. The number of carbonyl (C=O) groups excluding carboxylic acids is 1. The van der Waals surface area contributed by atoms with Crippen LogP contribution in [-0.2, 0) is 20.8 Å². The summed E-state index contributed by atoms with van der Waals surface area (Å²) in [7, 11) is 1.67. The highest BCUT2D eigenvalue weighted by atomic mass is 19.1. The lowest BCUT2D eigenvalue weighted by Crippen LogP contribution is -2.43. The largest absolute Gasteiger partial charge is 0.383 e. The highest BCUT2D eigenvalue weighted by molar-refractivity contribution is 5.80. The van der Waals surface area contributed by atoms with Gasteiger partial charge in [0.25, 0.3) is 0 Å². The van der Waals surface area contributed by atoms with Crippen molar-refractivity contribution >= 4 is 11.6 Å². The van der Waals surface area contributed by atoms with Crippen molar-refractivity contribution < 1.29 is 18.7 Å². The Morgan fingerprint density at radius 1 is 1.12 bits per heavy atom. The molecule has 3 heterocycles. The number of amides is 1. The minimum atomic E-state index is -0.147. The second-order valence-corrected chi connectivity index (χ2v) is 9.09. The van der Waals surface area contributed by atoms with Gasteiger partial charge in [0, 0.05) is 45.8 Å². The lowest BCUT2D eigenvalue weighted by atomic mass is 9.81. The number of allylic oxidation sites excluding steroid dienone is 1. The lowest BCUT2D eigenvalue weighted by Gasteiger charge is -2.36. The van der Waals surface area contributed by atoms with Crippen molar-refractivity contribution in [1.29, 1.82) is 0 Å². The van der Waals surface area contributed by atoms with Crippen LogP contribution in [0.2, 0.25) is 0 Å². The van der Waals surface area contributed by atoms with Crippen molar-refractivity contribution in [1.82, 2.24) is 9.80 Å². The maximum Gasteiger partial charge on any atom is 0.226 e. The van der Waals surface area contributed by atoms with Gasteiger partial charge >= 0.3 is 0 Å². The molecule has 176 valence electrons. The van der Waals surface area contributed by atoms with E-state index in [-0.39, 0.29) is 17.6 Å². The highest BCUT2D eigenvalue weighted by Crippen LogP contribution is 2.31. The van der Waals surface area contributed by atoms with E-state index >= 15 is 0 Å². The topological polar surface area (TPSA) is 45.2 Å². The number of nitrogens with zero attached hydrogens (tertiary/aromatic N) is 3. The lowest BCUT2D eigenvalue weighted by molar-refractivity contribution is -0.137. The van der Waals surface area contributed by atoms with E-state index in [0.717, 1.165) is 57.5 Å². The van der Waals surface area contributed by atoms with E-state index in [1.165, 1.54) is 0 Å². The molecule has 1 atom stereocenters. The van der Waals surface area contributed by atoms with E-state index in [4.69, 9.17) is 9.47 Å². The van der Waals surface area contributed by atoms with E-state index in [2.05, 4.69) is 22.0 Å². The number of halogens is 1. The van der Waals surface area contributed by atoms with Gasteiger partial charge in [-0.1, -0.05) is 18.2 Å². The average Bonchev–Trinajstić information content (AvgIpc) is 3.00. The van der Waals surface area contributed by atoms with Gasteiger partial charge in [0.05, 0.1) is 25.5 Å². The van der Waals surface area contributed by atoms with Crippen molar-refractivity contribution in [3.63, 3.8) is 0 Å². The Balaban J connectivity index is 1.30. The van der Waals surface area contributed by atoms with Gasteiger partial charge in [0.1, 0.15) is 5.82 Å². The zero-order chi connectivity index (χ0) is 22.3. The van der Waals surface area contributed by atoms with Crippen LogP contribution in [0.1, 0.15) is 24.8 Å². The summed E-state index contributed by atoms with van der Waals surface area (Å²) in [6.45, 7) is 7.34. The summed E-state index contributed by atoms with van der Waals surface area (Å²) < 4.78 is 25.3. The number of morpholine rings is 1. The number of hydrogen-bond acceptors (Lipinski definition) is 5. The number of ether oxygens (including phenoxy) is 2. The Labute approximate surface area is 190 Å². The molecule has 1 amide bonds. The van der Waals surface area contributed by atoms with Crippen LogP contribution in [-0.4, -0.2) is 81.9 Å². The molecule has 3 aliphatic heterocycles. The molecule has 1 aromatic carbocycles. The number of piperidine rings is 1. The van der Waals surface area contributed by atoms with Gasteiger partial charge in [-0.05, 0) is 56.0 Å². The molecule has 4 rings (SSSR count). The minimum absolute atomic E-state index is 0.0676. The first kappa shape index (κ1) is 23.2. The summed E-state index contributed by atoms with van der Waals surface area (Å²) in [5.41, 5.74) is 1.69. The van der Waals surface area contributed by atoms with Crippen molar-refractivity contribution in [2.24, 2.45) is 11.8 Å². The second-order valence-electron chi connectivity index (χ2n) is 9.09. The quantitative estimate of drug-likeness (QED) is 0.604. The molecule has 7 heteroatoms. The molecule has 3 aliphatic rings. The fourth-order valence-corrected chi connectivity index (χ4v) is 5.15. The molecule has 0 saturated carbocycles. The van der Waals surface area contributed by atoms with Gasteiger partial charge in [-0.3, -0.25) is 9.69 Å². The maximum atomic E-state index is 14.7. The molecule has 0 spiro atoms. The minimum Gasteiger partial charge on any atom is -0.383 e. The third-order valence-electron chi connectivity index (χ3n) is 7.05. The van der Waals surface area contributed by atoms with E-state index < -0.39 is 0 Å². The van der Waals surface area contributed by atoms with Crippen LogP contribution in [0, 0.1) is 17.7 Å². The van der Waals surface area contributed by atoms with Crippen LogP contribution in [0.15, 0.2) is 30.4 Å². The van der Waals surface area contributed by atoms with Crippen LogP contribution >= 0.6 is 0 Å². The Morgan fingerprint density at radius 3 is 2.62 bits per heavy atom. The van der Waals surface area contributed by atoms with Gasteiger partial charge in [-0.2, -0.15) is 0 Å². The van der Waals surface area contributed by atoms with Crippen molar-refractivity contribution in [3.05, 3.63) is 41.7 Å². The van der Waals surface area contributed by atoms with Gasteiger partial charge in [0.15, 0.2) is 0 Å². The smallest absolute Gasteiger partial charge is 0.226 e. The van der Waals surface area contributed by atoms with E-state index in [1.54, 1.807) is 13.2 Å². The SMILES string of the molecule is COCCN1CC=CC[C@@H](C2CCN(Cc3ccc(N4CCOCC4)c(F)c3)CC2)C1=O. The van der Waals surface area contributed by atoms with Gasteiger partial charge in [0.2, 0.25) is 5.91 Å². The van der Waals surface area contributed by atoms with Crippen LogP contribution in [0.4, 0.5) is 10.1 Å². The first-order valence-electron chi connectivity index (χ1n) is 11.9. The van der Waals surface area contributed by atoms with Gasteiger partial charge < -0.3 is 19.3 Å². The molecule has 0 radical (unpaired) electrons. The number of likely N-dealkylation sites (tertiary alicyclic amines) is 1. The van der Waals surface area contributed by atoms with Crippen LogP contribution in [0.3, 0.4) is 0 Å². The number of anilines is 1. The monoisotopic (exact) mass is 445 g/mol. The third-order valence-corrected chi connectivity index (χ3v) is 7.05. The Kier molecular flexibility index (Phi) is 8.16. The Hall–Kier alpha value is -1.96. The first-order valence-corrected chi connectivity index (χ1v) is 11.9. The number of carbonyl (C=O) groups is 1. The maximum absolute atomic E-state index is 14.7. The van der Waals surface area contributed by atoms with Crippen LogP contribution in [0.5, 0.6) is 0 Å². The summed E-state index contributed by atoms with van der Waals surface area (Å²) in [4.78, 5) is 19.5. The summed E-state index contributed by atoms with van der Waals surface area (Å²) >= 11 is 0. The summed E-state index contributed by atoms with van der Waals surface area (Å²) in [6.07, 6.45) is 7.13. The molecule has 1 aromatic rings. The molecular weight excluding hydrogens is 409 g/mol. The Morgan fingerprint density at radius 2 is 1.91 bits per heavy atom. The molecule has 2 saturated heterocycles. The number of benzene rings is 1. The average molecular weight is 446 g/mol. The van der Waals surface area contributed by atoms with E-state index in [9.17, 15) is 9.18 Å². The summed E-state index contributed by atoms with van der Waals surface area (Å²) in [6, 6.07) is 5.64. The standard InChI is InChI=1S/C25H36FN3O3/c1-31-15-12-29-9-3-2-4-22(25(29)30)21-7-10-27(11-8-21)19-20-5-6-24(23(26)18-20)28-13-16-32-17-14-28/h2-3,5-6,18,21-22H,4,7-17,19H2,1H3/t22-/m0/s1. The number of methoxy groups -OCH3 is 1. The molecule has 2 fully saturated rings. The molecular formula is C25H36FN3O3. The van der Waals surface area contributed by atoms with Crippen LogP contribution < -0.4 is 4.90 Å². The highest BCUT2D eigenvalue weighted by Gasteiger charge is 2.34. The van der Waals surface area contributed by atoms with Crippen molar-refractivity contribution in [3.8, 4) is 0 Å². The summed E-state index contributed by atoms with van der Waals surface area (Å²) in [5.74, 6) is 0.600. The van der Waals surface area contributed by atoms with E-state index in [1.807, 2.05) is 17.0 Å². The van der Waals surface area contributed by atoms with Crippen LogP contribution in [0.25, 0.3) is 0 Å². The molecule has 0 aliphatic carbocycles. The second kappa shape index (κ2) is 11.3. The first-order chi connectivity index (χ1) is 15.7. The zero-order valence-corrected chi connectivity index (χ0v) is 19.2. The molecule has 6 nitrogen and oxygen atoms in total. The normalized spacial score (nSPS) is 23.6. The van der Waals surface area contributed by atoms with E-state index in [0.29, 0.717) is 44.5 Å². The van der Waals surface area contributed by atoms with Gasteiger partial charge in [-0.15, -0.1) is 0 Å². The van der Waals surface area contributed by atoms with Gasteiger partial charge in [-0.25, -0.2) is 4.39 Å². The Bertz CT molecular complexity index is 789. The number of hydrogen-bond donors (Lipinski definition) is 0. The summed E-state index contributed by atoms with van der Waals surface area (Å²) in [5, 5.41) is 0. The molecule has 0 unspecified atom stereocenters. The zero-order valence-electron chi connectivity index (χ0n) is 19.2. The molecule has 32 heavy (non-hydrogen) atoms. The fraction of sp³-hybridized carbons (Fsp3) is 0.640. The number of rotatable bonds is 7.